The van der Waals surface area contributed by atoms with Gasteiger partial charge in [0.25, 0.3) is 0 Å². The smallest absolute Gasteiger partial charge is 0.0553 e. The van der Waals surface area contributed by atoms with Crippen LogP contribution in [0.4, 0.5) is 0 Å². The van der Waals surface area contributed by atoms with E-state index in [1.165, 1.54) is 104 Å². The van der Waals surface area contributed by atoms with Gasteiger partial charge < -0.3 is 4.57 Å². The molecule has 0 radical (unpaired) electrons. The van der Waals surface area contributed by atoms with Crippen LogP contribution in [0.1, 0.15) is 0 Å². The SMILES string of the molecule is c1ccc(-n2c3ccc4ccccc4c3c3c4ccccc4c(-c4ccc5cc(-c6cc7ccccc7c7ccccc67)ccc5c4)cc32)cc1. The topological polar surface area (TPSA) is 4.93 Å². The van der Waals surface area contributed by atoms with Gasteiger partial charge in [0, 0.05) is 16.5 Å². The molecule has 10 aromatic carbocycles. The van der Waals surface area contributed by atoms with E-state index in [0.717, 1.165) is 0 Å². The summed E-state index contributed by atoms with van der Waals surface area (Å²) >= 11 is 0. The molecule has 0 fully saturated rings. The molecule has 0 atom stereocenters. The van der Waals surface area contributed by atoms with Crippen molar-refractivity contribution in [2.45, 2.75) is 0 Å². The van der Waals surface area contributed by atoms with E-state index in [9.17, 15) is 0 Å². The van der Waals surface area contributed by atoms with Gasteiger partial charge >= 0.3 is 0 Å². The molecule has 0 amide bonds. The Morgan fingerprint density at radius 2 is 0.784 bits per heavy atom. The number of hydrogen-bond donors (Lipinski definition) is 0. The lowest BCUT2D eigenvalue weighted by atomic mass is 9.91. The van der Waals surface area contributed by atoms with Crippen molar-refractivity contribution >= 4 is 75.7 Å². The molecule has 0 unspecified atom stereocenters. The minimum atomic E-state index is 1.17. The van der Waals surface area contributed by atoms with Gasteiger partial charge in [-0.05, 0) is 119 Å². The first-order valence-corrected chi connectivity index (χ1v) is 17.7. The number of para-hydroxylation sites is 1. The van der Waals surface area contributed by atoms with Gasteiger partial charge in [-0.1, -0.05) is 146 Å². The summed E-state index contributed by atoms with van der Waals surface area (Å²) in [5, 5.41) is 15.3. The molecule has 11 rings (SSSR count). The monoisotopic (exact) mass is 645 g/mol. The molecule has 0 aliphatic carbocycles. The number of aromatic nitrogens is 1. The van der Waals surface area contributed by atoms with Crippen molar-refractivity contribution in [3.63, 3.8) is 0 Å². The largest absolute Gasteiger partial charge is 0.309 e. The Kier molecular flexibility index (Phi) is 6.02. The van der Waals surface area contributed by atoms with Crippen molar-refractivity contribution in [1.82, 2.24) is 4.57 Å². The van der Waals surface area contributed by atoms with E-state index in [2.05, 4.69) is 193 Å². The zero-order chi connectivity index (χ0) is 33.5. The minimum absolute atomic E-state index is 1.17. The number of rotatable bonds is 3. The van der Waals surface area contributed by atoms with Crippen LogP contribution in [-0.2, 0) is 0 Å². The predicted octanol–water partition coefficient (Wildman–Crippen LogP) is 13.9. The molecule has 1 heterocycles. The molecule has 0 bridgehead atoms. The van der Waals surface area contributed by atoms with Gasteiger partial charge in [-0.2, -0.15) is 0 Å². The molecule has 0 N–H and O–H groups in total. The van der Waals surface area contributed by atoms with Gasteiger partial charge in [-0.25, -0.2) is 0 Å². The highest BCUT2D eigenvalue weighted by molar-refractivity contribution is 6.30. The summed E-state index contributed by atoms with van der Waals surface area (Å²) in [5.41, 5.74) is 8.59. The van der Waals surface area contributed by atoms with E-state index in [1.54, 1.807) is 0 Å². The van der Waals surface area contributed by atoms with E-state index in [1.807, 2.05) is 0 Å². The Morgan fingerprint density at radius 1 is 0.275 bits per heavy atom. The Morgan fingerprint density at radius 3 is 1.51 bits per heavy atom. The first-order valence-electron chi connectivity index (χ1n) is 17.7. The molecular formula is C50H31N. The van der Waals surface area contributed by atoms with Gasteiger partial charge in [0.15, 0.2) is 0 Å². The van der Waals surface area contributed by atoms with Gasteiger partial charge in [0.1, 0.15) is 0 Å². The zero-order valence-electron chi connectivity index (χ0n) is 27.8. The first kappa shape index (κ1) is 28.2. The van der Waals surface area contributed by atoms with Crippen LogP contribution < -0.4 is 0 Å². The van der Waals surface area contributed by atoms with Crippen molar-refractivity contribution in [1.29, 1.82) is 0 Å². The van der Waals surface area contributed by atoms with Crippen molar-refractivity contribution in [3.05, 3.63) is 188 Å². The summed E-state index contributed by atoms with van der Waals surface area (Å²) in [6.45, 7) is 0. The van der Waals surface area contributed by atoms with E-state index in [0.29, 0.717) is 0 Å². The summed E-state index contributed by atoms with van der Waals surface area (Å²) in [7, 11) is 0. The molecular weight excluding hydrogens is 615 g/mol. The second-order valence-corrected chi connectivity index (χ2v) is 13.7. The van der Waals surface area contributed by atoms with Crippen molar-refractivity contribution < 1.29 is 0 Å². The third-order valence-electron chi connectivity index (χ3n) is 10.9. The predicted molar refractivity (Wildman–Crippen MR) is 219 cm³/mol. The van der Waals surface area contributed by atoms with Gasteiger partial charge in [0.2, 0.25) is 0 Å². The van der Waals surface area contributed by atoms with Crippen molar-refractivity contribution in [2.75, 3.05) is 0 Å². The first-order chi connectivity index (χ1) is 25.3. The summed E-state index contributed by atoms with van der Waals surface area (Å²) < 4.78 is 2.45. The summed E-state index contributed by atoms with van der Waals surface area (Å²) in [4.78, 5) is 0. The zero-order valence-corrected chi connectivity index (χ0v) is 27.8. The lowest BCUT2D eigenvalue weighted by molar-refractivity contribution is 1.18. The molecule has 236 valence electrons. The van der Waals surface area contributed by atoms with Crippen LogP contribution in [0.15, 0.2) is 188 Å². The summed E-state index contributed by atoms with van der Waals surface area (Å²) in [5.74, 6) is 0. The maximum absolute atomic E-state index is 2.45. The maximum atomic E-state index is 2.45. The van der Waals surface area contributed by atoms with Gasteiger partial charge in [-0.15, -0.1) is 0 Å². The fraction of sp³-hybridized carbons (Fsp3) is 0. The number of nitrogens with zero attached hydrogens (tertiary/aromatic N) is 1. The Balaban J connectivity index is 1.15. The van der Waals surface area contributed by atoms with Crippen molar-refractivity contribution in [3.8, 4) is 27.9 Å². The van der Waals surface area contributed by atoms with E-state index >= 15 is 0 Å². The number of fused-ring (bicyclic) bond motifs is 11. The maximum Gasteiger partial charge on any atom is 0.0553 e. The highest BCUT2D eigenvalue weighted by Gasteiger charge is 2.20. The van der Waals surface area contributed by atoms with Gasteiger partial charge in [-0.3, -0.25) is 0 Å². The van der Waals surface area contributed by atoms with Crippen LogP contribution in [0.5, 0.6) is 0 Å². The molecule has 51 heavy (non-hydrogen) atoms. The van der Waals surface area contributed by atoms with E-state index < -0.39 is 0 Å². The van der Waals surface area contributed by atoms with Crippen LogP contribution in [0.25, 0.3) is 104 Å². The molecule has 11 aromatic rings. The quantitative estimate of drug-likeness (QED) is 0.169. The Hall–Kier alpha value is -6.70. The number of benzene rings is 10. The second-order valence-electron chi connectivity index (χ2n) is 13.7. The average Bonchev–Trinajstić information content (AvgIpc) is 3.55. The van der Waals surface area contributed by atoms with Crippen LogP contribution in [0.2, 0.25) is 0 Å². The molecule has 0 spiro atoms. The van der Waals surface area contributed by atoms with Crippen molar-refractivity contribution in [2.24, 2.45) is 0 Å². The normalized spacial score (nSPS) is 11.9. The van der Waals surface area contributed by atoms with Crippen LogP contribution in [0.3, 0.4) is 0 Å². The molecule has 0 saturated carbocycles. The molecule has 1 heteroatoms. The Labute approximate surface area is 295 Å². The molecule has 0 saturated heterocycles. The van der Waals surface area contributed by atoms with Crippen LogP contribution in [0, 0.1) is 0 Å². The minimum Gasteiger partial charge on any atom is -0.309 e. The second kappa shape index (κ2) is 10.9. The molecule has 1 aromatic heterocycles. The van der Waals surface area contributed by atoms with E-state index in [-0.39, 0.29) is 0 Å². The fourth-order valence-electron chi connectivity index (χ4n) is 8.61. The lowest BCUT2D eigenvalue weighted by Crippen LogP contribution is -1.94. The number of hydrogen-bond acceptors (Lipinski definition) is 0. The standard InChI is InChI=1S/C50H31N/c1-2-14-38(15-3-1)51-47-27-26-32-12-4-7-17-40(32)49(47)50-44-21-11-10-20-43(44)46(31-48(50)51)37-25-23-33-28-36(24-22-34(33)29-37)45-30-35-13-5-6-16-39(35)41-18-8-9-19-42(41)45/h1-31H. The summed E-state index contributed by atoms with van der Waals surface area (Å²) in [6, 6.07) is 69.3. The fourth-order valence-corrected chi connectivity index (χ4v) is 8.61. The highest BCUT2D eigenvalue weighted by atomic mass is 15.0. The third kappa shape index (κ3) is 4.22. The summed E-state index contributed by atoms with van der Waals surface area (Å²) in [6.07, 6.45) is 0. The molecule has 1 nitrogen and oxygen atoms in total. The Bertz CT molecular complexity index is 3180. The highest BCUT2D eigenvalue weighted by Crippen LogP contribution is 2.44. The molecule has 0 aliphatic rings. The molecule has 0 aliphatic heterocycles. The van der Waals surface area contributed by atoms with Gasteiger partial charge in [0.05, 0.1) is 11.0 Å². The van der Waals surface area contributed by atoms with Crippen LogP contribution in [-0.4, -0.2) is 4.57 Å². The van der Waals surface area contributed by atoms with E-state index in [4.69, 9.17) is 0 Å². The third-order valence-corrected chi connectivity index (χ3v) is 10.9. The average molecular weight is 646 g/mol. The lowest BCUT2D eigenvalue weighted by Gasteiger charge is -2.14. The van der Waals surface area contributed by atoms with Crippen LogP contribution >= 0.6 is 0 Å².